The molecule has 3 aromatic rings. The molecule has 2 aromatic heterocycles. The topological polar surface area (TPSA) is 91.2 Å². The number of aryl methyl sites for hydroxylation is 2. The van der Waals surface area contributed by atoms with Gasteiger partial charge in [0.1, 0.15) is 5.76 Å². The Morgan fingerprint density at radius 2 is 2.03 bits per heavy atom. The number of hydrogen-bond donors (Lipinski definition) is 0. The second-order valence-electron chi connectivity index (χ2n) is 8.15. The first-order valence-electron chi connectivity index (χ1n) is 11.1. The van der Waals surface area contributed by atoms with Crippen molar-refractivity contribution in [1.82, 2.24) is 14.8 Å². The molecule has 3 heterocycles. The Balaban J connectivity index is 1.53. The second kappa shape index (κ2) is 10.6. The van der Waals surface area contributed by atoms with Gasteiger partial charge in [0.15, 0.2) is 5.16 Å². The third-order valence-electron chi connectivity index (χ3n) is 5.86. The number of carbonyl (C=O) groups is 1. The van der Waals surface area contributed by atoms with Gasteiger partial charge >= 0.3 is 0 Å². The molecule has 0 bridgehead atoms. The van der Waals surface area contributed by atoms with Crippen molar-refractivity contribution in [2.24, 2.45) is 0 Å². The fourth-order valence-corrected chi connectivity index (χ4v) is 4.70. The van der Waals surface area contributed by atoms with Crippen molar-refractivity contribution in [2.75, 3.05) is 35.2 Å². The molecule has 0 saturated carbocycles. The molecule has 4 rings (SSSR count). The Labute approximate surface area is 198 Å². The number of hydrogen-bond acceptors (Lipinski definition) is 7. The zero-order valence-electron chi connectivity index (χ0n) is 19.0. The lowest BCUT2D eigenvalue weighted by atomic mass is 10.1. The van der Waals surface area contributed by atoms with Crippen LogP contribution in [0.25, 0.3) is 0 Å². The Hall–Kier alpha value is -3.25. The molecule has 0 N–H and O–H groups in total. The second-order valence-corrected chi connectivity index (χ2v) is 9.10. The van der Waals surface area contributed by atoms with Gasteiger partial charge in [-0.25, -0.2) is 0 Å². The van der Waals surface area contributed by atoms with Gasteiger partial charge in [-0.1, -0.05) is 17.8 Å². The zero-order chi connectivity index (χ0) is 23.2. The van der Waals surface area contributed by atoms with E-state index in [1.54, 1.807) is 11.2 Å². The fourth-order valence-electron chi connectivity index (χ4n) is 3.89. The number of amides is 1. The number of furan rings is 1. The average molecular weight is 465 g/mol. The number of anilines is 2. The number of aromatic nitrogens is 3. The normalized spacial score (nSPS) is 13.3. The lowest BCUT2D eigenvalue weighted by Crippen LogP contribution is -2.33. The molecule has 1 aliphatic heterocycles. The summed E-state index contributed by atoms with van der Waals surface area (Å²) in [6, 6.07) is 11.9. The number of nitriles is 1. The Bertz CT molecular complexity index is 1130. The van der Waals surface area contributed by atoms with Gasteiger partial charge in [0.2, 0.25) is 11.9 Å². The summed E-state index contributed by atoms with van der Waals surface area (Å²) in [5, 5.41) is 18.6. The Morgan fingerprint density at radius 3 is 2.73 bits per heavy atom. The van der Waals surface area contributed by atoms with Gasteiger partial charge in [-0.15, -0.1) is 10.2 Å². The van der Waals surface area contributed by atoms with Gasteiger partial charge in [-0.05, 0) is 62.1 Å². The van der Waals surface area contributed by atoms with Crippen molar-refractivity contribution < 1.29 is 9.21 Å². The molecule has 0 aliphatic carbocycles. The number of rotatable bonds is 9. The van der Waals surface area contributed by atoms with E-state index in [2.05, 4.69) is 21.2 Å². The van der Waals surface area contributed by atoms with Gasteiger partial charge in [0, 0.05) is 25.3 Å². The minimum absolute atomic E-state index is 0.0613. The highest BCUT2D eigenvalue weighted by Gasteiger charge is 2.24. The van der Waals surface area contributed by atoms with Crippen LogP contribution >= 0.6 is 11.8 Å². The van der Waals surface area contributed by atoms with Crippen molar-refractivity contribution in [3.63, 3.8) is 0 Å². The molecule has 1 aliphatic rings. The molecule has 0 unspecified atom stereocenters. The van der Waals surface area contributed by atoms with Crippen LogP contribution in [-0.2, 0) is 11.3 Å². The summed E-state index contributed by atoms with van der Waals surface area (Å²) in [6.45, 7) is 6.84. The largest absolute Gasteiger partial charge is 0.467 e. The van der Waals surface area contributed by atoms with Crippen molar-refractivity contribution in [3.8, 4) is 6.07 Å². The van der Waals surface area contributed by atoms with E-state index in [4.69, 9.17) is 9.68 Å². The third kappa shape index (κ3) is 5.40. The minimum Gasteiger partial charge on any atom is -0.467 e. The summed E-state index contributed by atoms with van der Waals surface area (Å²) in [5.41, 5.74) is 3.10. The van der Waals surface area contributed by atoms with E-state index in [0.717, 1.165) is 48.9 Å². The molecule has 0 atom stereocenters. The number of nitrogens with zero attached hydrogens (tertiary/aromatic N) is 6. The quantitative estimate of drug-likeness (QED) is 0.439. The highest BCUT2D eigenvalue weighted by Crippen LogP contribution is 2.27. The van der Waals surface area contributed by atoms with Crippen molar-refractivity contribution in [1.29, 1.82) is 5.26 Å². The minimum atomic E-state index is -0.0613. The van der Waals surface area contributed by atoms with Crippen LogP contribution < -0.4 is 9.80 Å². The van der Waals surface area contributed by atoms with Gasteiger partial charge in [0.05, 0.1) is 31.1 Å². The molecule has 33 heavy (non-hydrogen) atoms. The Morgan fingerprint density at radius 1 is 1.21 bits per heavy atom. The standard InChI is InChI=1S/C24H28N6O2S/c1-18-8-9-20(15-19(18)2)29(13-6-10-25)22(31)17-33-24-27-26-23(28-11-3-4-12-28)30(24)16-21-7-5-14-32-21/h5,7-9,14-15H,3-4,6,11-13,16-17H2,1-2H3. The van der Waals surface area contributed by atoms with Crippen molar-refractivity contribution in [3.05, 3.63) is 53.5 Å². The zero-order valence-corrected chi connectivity index (χ0v) is 19.8. The van der Waals surface area contributed by atoms with Crippen LogP contribution in [0.1, 0.15) is 36.1 Å². The van der Waals surface area contributed by atoms with Crippen LogP contribution in [0.15, 0.2) is 46.2 Å². The van der Waals surface area contributed by atoms with Crippen molar-refractivity contribution in [2.45, 2.75) is 44.8 Å². The van der Waals surface area contributed by atoms with Crippen LogP contribution in [0.5, 0.6) is 0 Å². The van der Waals surface area contributed by atoms with Crippen molar-refractivity contribution >= 4 is 29.3 Å². The van der Waals surface area contributed by atoms with Crippen LogP contribution in [0.4, 0.5) is 11.6 Å². The smallest absolute Gasteiger partial charge is 0.237 e. The van der Waals surface area contributed by atoms with Crippen LogP contribution in [-0.4, -0.2) is 46.1 Å². The molecule has 1 aromatic carbocycles. The first-order chi connectivity index (χ1) is 16.1. The summed E-state index contributed by atoms with van der Waals surface area (Å²) in [6.07, 6.45) is 4.20. The lowest BCUT2D eigenvalue weighted by molar-refractivity contribution is -0.116. The average Bonchev–Trinajstić information content (AvgIpc) is 3.58. The molecular weight excluding hydrogens is 436 g/mol. The Kier molecular flexibility index (Phi) is 7.35. The summed E-state index contributed by atoms with van der Waals surface area (Å²) in [5.74, 6) is 1.77. The molecule has 0 radical (unpaired) electrons. The highest BCUT2D eigenvalue weighted by molar-refractivity contribution is 7.99. The number of thioether (sulfide) groups is 1. The van der Waals surface area contributed by atoms with Gasteiger partial charge in [-0.3, -0.25) is 9.36 Å². The molecule has 8 nitrogen and oxygen atoms in total. The van der Waals surface area contributed by atoms with Crippen LogP contribution in [0.2, 0.25) is 0 Å². The fraction of sp³-hybridized carbons (Fsp3) is 0.417. The SMILES string of the molecule is Cc1ccc(N(CCC#N)C(=O)CSc2nnc(N3CCCC3)n2Cc2ccco2)cc1C. The maximum atomic E-state index is 13.2. The maximum absolute atomic E-state index is 13.2. The van der Waals surface area contributed by atoms with Gasteiger partial charge in [0.25, 0.3) is 0 Å². The molecule has 172 valence electrons. The van der Waals surface area contributed by atoms with Gasteiger partial charge < -0.3 is 14.2 Å². The predicted molar refractivity (Wildman–Crippen MR) is 129 cm³/mol. The highest BCUT2D eigenvalue weighted by atomic mass is 32.2. The van der Waals surface area contributed by atoms with E-state index in [1.165, 1.54) is 17.3 Å². The first kappa shape index (κ1) is 22.9. The van der Waals surface area contributed by atoms with E-state index in [1.807, 2.05) is 48.7 Å². The summed E-state index contributed by atoms with van der Waals surface area (Å²) >= 11 is 1.37. The third-order valence-corrected chi connectivity index (χ3v) is 6.81. The van der Waals surface area contributed by atoms with Crippen LogP contribution in [0, 0.1) is 25.2 Å². The van der Waals surface area contributed by atoms with E-state index in [-0.39, 0.29) is 18.1 Å². The first-order valence-corrected chi connectivity index (χ1v) is 12.1. The molecular formula is C24H28N6O2S. The van der Waals surface area contributed by atoms with E-state index >= 15 is 0 Å². The van der Waals surface area contributed by atoms with Gasteiger partial charge in [-0.2, -0.15) is 5.26 Å². The summed E-state index contributed by atoms with van der Waals surface area (Å²) < 4.78 is 7.58. The summed E-state index contributed by atoms with van der Waals surface area (Å²) in [7, 11) is 0. The molecule has 1 amide bonds. The predicted octanol–water partition coefficient (Wildman–Crippen LogP) is 4.18. The monoisotopic (exact) mass is 464 g/mol. The summed E-state index contributed by atoms with van der Waals surface area (Å²) in [4.78, 5) is 17.1. The molecule has 0 spiro atoms. The maximum Gasteiger partial charge on any atom is 0.237 e. The van der Waals surface area contributed by atoms with E-state index < -0.39 is 0 Å². The molecule has 1 fully saturated rings. The van der Waals surface area contributed by atoms with Crippen LogP contribution in [0.3, 0.4) is 0 Å². The lowest BCUT2D eigenvalue weighted by Gasteiger charge is -2.22. The molecule has 9 heteroatoms. The van der Waals surface area contributed by atoms with E-state index in [0.29, 0.717) is 18.2 Å². The number of carbonyl (C=O) groups excluding carboxylic acids is 1. The van der Waals surface area contributed by atoms with E-state index in [9.17, 15) is 4.79 Å². The number of benzene rings is 1. The molecule has 1 saturated heterocycles.